The lowest BCUT2D eigenvalue weighted by Crippen LogP contribution is -2.54. The number of hydrogen-bond donors (Lipinski definition) is 3. The molecule has 0 fully saturated rings. The molecule has 0 saturated heterocycles. The number of alkyl halides is 12. The first kappa shape index (κ1) is 31.4. The Morgan fingerprint density at radius 3 is 1.08 bits per heavy atom. The number of hydrogen-bond acceptors (Lipinski definition) is 3. The van der Waals surface area contributed by atoms with Gasteiger partial charge in [0.25, 0.3) is 0 Å². The van der Waals surface area contributed by atoms with Crippen LogP contribution >= 0.6 is 0 Å². The molecule has 3 aromatic rings. The van der Waals surface area contributed by atoms with Gasteiger partial charge in [0.15, 0.2) is 5.92 Å². The van der Waals surface area contributed by atoms with Gasteiger partial charge in [-0.25, -0.2) is 0 Å². The fourth-order valence-electron chi connectivity index (χ4n) is 3.83. The third-order valence-corrected chi connectivity index (χ3v) is 5.39. The van der Waals surface area contributed by atoms with Crippen LogP contribution in [0.4, 0.5) is 69.7 Å². The second-order valence-corrected chi connectivity index (χ2v) is 8.18. The highest BCUT2D eigenvalue weighted by Crippen LogP contribution is 2.56. The molecule has 0 radical (unpaired) electrons. The lowest BCUT2D eigenvalue weighted by Gasteiger charge is -2.38. The first-order valence-electron chi connectivity index (χ1n) is 10.5. The van der Waals surface area contributed by atoms with Crippen molar-refractivity contribution >= 4 is 17.1 Å². The van der Waals surface area contributed by atoms with E-state index >= 15 is 0 Å². The lowest BCUT2D eigenvalue weighted by molar-refractivity contribution is -0.288. The zero-order valence-corrected chi connectivity index (χ0v) is 19.3. The molecule has 0 saturated carbocycles. The fraction of sp³-hybridized carbons (Fsp3) is 0.250. The number of anilines is 3. The van der Waals surface area contributed by atoms with Gasteiger partial charge in [0.05, 0.1) is 0 Å². The average molecular weight is 577 g/mol. The quantitative estimate of drug-likeness (QED) is 0.220. The molecule has 0 amide bonds. The normalized spacial score (nSPS) is 13.2. The number of nitrogens with two attached hydrogens (primary N) is 3. The van der Waals surface area contributed by atoms with E-state index in [2.05, 4.69) is 0 Å². The highest BCUT2D eigenvalue weighted by Gasteiger charge is 2.72. The standard InChI is InChI=1S/C15H12F6N2.C9H7F6N/c16-14(17,18)13(15(19,20)21,9-3-1-5-11(22)7-9)10-4-2-6-12(23)8-10;10-8(11,12)7(9(13,14)15)5-2-1-3-6(16)4-5/h1-8H,22-23H2;1-4,7H,16H2. The SMILES string of the molecule is Nc1cccc(C(C(F)(F)F)C(F)(F)F)c1.Nc1cccc(C(c2cccc(N)c2)(C(F)(F)F)C(F)(F)F)c1. The highest BCUT2D eigenvalue weighted by atomic mass is 19.4. The molecule has 6 N–H and O–H groups in total. The molecule has 3 rings (SSSR count). The van der Waals surface area contributed by atoms with Gasteiger partial charge in [0, 0.05) is 17.1 Å². The number of rotatable bonds is 3. The van der Waals surface area contributed by atoms with E-state index in [1.807, 2.05) is 0 Å². The smallest absolute Gasteiger partial charge is 0.399 e. The van der Waals surface area contributed by atoms with Crippen LogP contribution in [0.2, 0.25) is 0 Å². The van der Waals surface area contributed by atoms with Crippen LogP contribution in [0, 0.1) is 0 Å². The minimum absolute atomic E-state index is 0.143. The van der Waals surface area contributed by atoms with Crippen LogP contribution in [0.5, 0.6) is 0 Å². The molecule has 0 aliphatic heterocycles. The van der Waals surface area contributed by atoms with E-state index in [1.165, 1.54) is 18.2 Å². The molecule has 0 atom stereocenters. The van der Waals surface area contributed by atoms with E-state index in [1.54, 1.807) is 0 Å². The van der Waals surface area contributed by atoms with E-state index in [9.17, 15) is 52.7 Å². The van der Waals surface area contributed by atoms with Crippen LogP contribution in [-0.2, 0) is 5.41 Å². The van der Waals surface area contributed by atoms with Crippen molar-refractivity contribution in [2.75, 3.05) is 17.2 Å². The monoisotopic (exact) mass is 577 g/mol. The molecule has 39 heavy (non-hydrogen) atoms. The summed E-state index contributed by atoms with van der Waals surface area (Å²) >= 11 is 0. The van der Waals surface area contributed by atoms with Crippen LogP contribution in [0.1, 0.15) is 22.6 Å². The van der Waals surface area contributed by atoms with Gasteiger partial charge < -0.3 is 17.2 Å². The van der Waals surface area contributed by atoms with Gasteiger partial charge in [0.1, 0.15) is 0 Å². The summed E-state index contributed by atoms with van der Waals surface area (Å²) in [6, 6.07) is 11.0. The van der Waals surface area contributed by atoms with Crippen LogP contribution in [-0.4, -0.2) is 24.7 Å². The van der Waals surface area contributed by atoms with Crippen LogP contribution < -0.4 is 17.2 Å². The molecule has 0 aliphatic carbocycles. The van der Waals surface area contributed by atoms with Gasteiger partial charge in [-0.3, -0.25) is 0 Å². The summed E-state index contributed by atoms with van der Waals surface area (Å²) in [5.41, 5.74) is 8.24. The Bertz CT molecular complexity index is 1180. The van der Waals surface area contributed by atoms with Crippen molar-refractivity contribution in [1.82, 2.24) is 0 Å². The van der Waals surface area contributed by atoms with Gasteiger partial charge in [-0.2, -0.15) is 52.7 Å². The molecule has 0 unspecified atom stereocenters. The maximum absolute atomic E-state index is 13.7. The van der Waals surface area contributed by atoms with E-state index < -0.39 is 52.7 Å². The molecule has 15 heteroatoms. The Labute approximate surface area is 213 Å². The number of halogens is 12. The second-order valence-electron chi connectivity index (χ2n) is 8.18. The van der Waals surface area contributed by atoms with E-state index in [0.717, 1.165) is 36.4 Å². The number of benzene rings is 3. The Balaban J connectivity index is 0.000000293. The summed E-state index contributed by atoms with van der Waals surface area (Å²) in [7, 11) is 0. The van der Waals surface area contributed by atoms with Crippen molar-refractivity contribution in [2.45, 2.75) is 36.0 Å². The third kappa shape index (κ3) is 6.81. The van der Waals surface area contributed by atoms with Gasteiger partial charge in [-0.15, -0.1) is 0 Å². The van der Waals surface area contributed by atoms with Crippen molar-refractivity contribution in [1.29, 1.82) is 0 Å². The minimum atomic E-state index is -5.65. The maximum Gasteiger partial charge on any atom is 0.411 e. The second kappa shape index (κ2) is 10.8. The third-order valence-electron chi connectivity index (χ3n) is 5.39. The van der Waals surface area contributed by atoms with Crippen molar-refractivity contribution in [3.05, 3.63) is 89.5 Å². The summed E-state index contributed by atoms with van der Waals surface area (Å²) in [5, 5.41) is 0. The Morgan fingerprint density at radius 2 is 0.795 bits per heavy atom. The first-order chi connectivity index (χ1) is 17.6. The van der Waals surface area contributed by atoms with Gasteiger partial charge in [-0.05, 0) is 53.1 Å². The van der Waals surface area contributed by atoms with Crippen LogP contribution in [0.3, 0.4) is 0 Å². The summed E-state index contributed by atoms with van der Waals surface area (Å²) in [6.45, 7) is 0. The molecule has 214 valence electrons. The van der Waals surface area contributed by atoms with Gasteiger partial charge in [-0.1, -0.05) is 36.4 Å². The predicted octanol–water partition coefficient (Wildman–Crippen LogP) is 7.74. The largest absolute Gasteiger partial charge is 0.411 e. The van der Waals surface area contributed by atoms with Crippen molar-refractivity contribution in [2.24, 2.45) is 0 Å². The summed E-state index contributed by atoms with van der Waals surface area (Å²) in [6.07, 6.45) is -22.1. The first-order valence-corrected chi connectivity index (χ1v) is 10.5. The lowest BCUT2D eigenvalue weighted by atomic mass is 9.72. The summed E-state index contributed by atoms with van der Waals surface area (Å²) in [4.78, 5) is 0. The van der Waals surface area contributed by atoms with Crippen molar-refractivity contribution < 1.29 is 52.7 Å². The molecule has 0 aliphatic rings. The van der Waals surface area contributed by atoms with Crippen molar-refractivity contribution in [3.8, 4) is 0 Å². The van der Waals surface area contributed by atoms with Gasteiger partial charge in [0.2, 0.25) is 5.41 Å². The van der Waals surface area contributed by atoms with E-state index in [4.69, 9.17) is 17.2 Å². The Hall–Kier alpha value is -3.78. The molecule has 3 nitrogen and oxygen atoms in total. The van der Waals surface area contributed by atoms with Gasteiger partial charge >= 0.3 is 24.7 Å². The molecule has 3 aromatic carbocycles. The highest BCUT2D eigenvalue weighted by molar-refractivity contribution is 5.53. The molecule has 0 aromatic heterocycles. The molecular formula is C24H19F12N3. The zero-order valence-electron chi connectivity index (χ0n) is 19.3. The zero-order chi connectivity index (χ0) is 30.0. The van der Waals surface area contributed by atoms with Crippen LogP contribution in [0.25, 0.3) is 0 Å². The summed E-state index contributed by atoms with van der Waals surface area (Å²) < 4.78 is 156. The van der Waals surface area contributed by atoms with E-state index in [0.29, 0.717) is 18.2 Å². The molecule has 0 bridgehead atoms. The summed E-state index contributed by atoms with van der Waals surface area (Å²) in [5.74, 6) is -3.50. The predicted molar refractivity (Wildman–Crippen MR) is 120 cm³/mol. The molecule has 0 spiro atoms. The topological polar surface area (TPSA) is 78.1 Å². The Kier molecular flexibility index (Phi) is 8.68. The Morgan fingerprint density at radius 1 is 0.462 bits per heavy atom. The van der Waals surface area contributed by atoms with E-state index in [-0.39, 0.29) is 17.1 Å². The number of nitrogen functional groups attached to an aromatic ring is 3. The fourth-order valence-corrected chi connectivity index (χ4v) is 3.83. The molecule has 0 heterocycles. The molecular weight excluding hydrogens is 558 g/mol. The minimum Gasteiger partial charge on any atom is -0.399 e. The maximum atomic E-state index is 13.7. The average Bonchev–Trinajstić information content (AvgIpc) is 2.70. The van der Waals surface area contributed by atoms with Crippen molar-refractivity contribution in [3.63, 3.8) is 0 Å². The van der Waals surface area contributed by atoms with Crippen LogP contribution in [0.15, 0.2) is 72.8 Å².